The second-order valence-electron chi connectivity index (χ2n) is 2.61. The number of alkyl halides is 5. The van der Waals surface area contributed by atoms with Crippen molar-refractivity contribution in [2.45, 2.75) is 25.1 Å². The molecule has 0 aromatic carbocycles. The number of aromatic nitrogens is 3. The van der Waals surface area contributed by atoms with Crippen LogP contribution in [-0.2, 0) is 6.54 Å². The molecule has 0 fully saturated rings. The zero-order valence-corrected chi connectivity index (χ0v) is 6.80. The summed E-state index contributed by atoms with van der Waals surface area (Å²) in [5, 5.41) is 3.41. The first-order chi connectivity index (χ1) is 6.33. The summed E-state index contributed by atoms with van der Waals surface area (Å²) in [6, 6.07) is 0. The van der Waals surface area contributed by atoms with Gasteiger partial charge < -0.3 is 0 Å². The molecule has 0 aliphatic rings. The predicted octanol–water partition coefficient (Wildman–Crippen LogP) is 1.87. The average Bonchev–Trinajstić information content (AvgIpc) is 2.50. The van der Waals surface area contributed by atoms with Gasteiger partial charge in [0.05, 0.1) is 0 Å². The number of rotatable bonds is 3. The molecule has 1 rings (SSSR count). The van der Waals surface area contributed by atoms with Crippen molar-refractivity contribution in [2.24, 2.45) is 0 Å². The van der Waals surface area contributed by atoms with Gasteiger partial charge in [0.1, 0.15) is 12.7 Å². The van der Waals surface area contributed by atoms with E-state index in [0.29, 0.717) is 0 Å². The Kier molecular flexibility index (Phi) is 2.72. The number of hydrogen-bond donors (Lipinski definition) is 0. The fourth-order valence-electron chi connectivity index (χ4n) is 0.745. The molecule has 8 heteroatoms. The van der Waals surface area contributed by atoms with Crippen LogP contribution in [0, 0.1) is 0 Å². The number of nitrogens with zero attached hydrogens (tertiary/aromatic N) is 3. The molecule has 0 radical (unpaired) electrons. The van der Waals surface area contributed by atoms with Gasteiger partial charge in [-0.25, -0.2) is 4.98 Å². The summed E-state index contributed by atoms with van der Waals surface area (Å²) in [5.41, 5.74) is 0. The fourth-order valence-corrected chi connectivity index (χ4v) is 0.745. The summed E-state index contributed by atoms with van der Waals surface area (Å²) < 4.78 is 60.6. The van der Waals surface area contributed by atoms with E-state index in [1.54, 1.807) is 0 Å². The van der Waals surface area contributed by atoms with Crippen LogP contribution in [0.4, 0.5) is 22.0 Å². The van der Waals surface area contributed by atoms with Crippen LogP contribution < -0.4 is 0 Å². The van der Waals surface area contributed by atoms with Crippen molar-refractivity contribution in [2.75, 3.05) is 0 Å². The van der Waals surface area contributed by atoms with Crippen molar-refractivity contribution in [3.05, 3.63) is 12.7 Å². The molecule has 1 aromatic rings. The molecule has 0 saturated heterocycles. The SMILES string of the molecule is FC(F)(F)C(F)(F)CCn1cncn1. The topological polar surface area (TPSA) is 30.7 Å². The van der Waals surface area contributed by atoms with E-state index in [1.165, 1.54) is 0 Å². The van der Waals surface area contributed by atoms with Crippen molar-refractivity contribution in [3.63, 3.8) is 0 Å². The molecule has 0 aliphatic heterocycles. The Balaban J connectivity index is 2.53. The third-order valence-electron chi connectivity index (χ3n) is 1.54. The summed E-state index contributed by atoms with van der Waals surface area (Å²) in [6.45, 7) is -0.521. The molecule has 0 amide bonds. The summed E-state index contributed by atoms with van der Waals surface area (Å²) in [7, 11) is 0. The van der Waals surface area contributed by atoms with Crippen LogP contribution in [0.2, 0.25) is 0 Å². The first kappa shape index (κ1) is 10.9. The lowest BCUT2D eigenvalue weighted by Crippen LogP contribution is -2.37. The van der Waals surface area contributed by atoms with Crippen molar-refractivity contribution in [1.82, 2.24) is 14.8 Å². The third kappa shape index (κ3) is 2.39. The fraction of sp³-hybridized carbons (Fsp3) is 0.667. The maximum atomic E-state index is 12.3. The van der Waals surface area contributed by atoms with Gasteiger partial charge in [-0.1, -0.05) is 0 Å². The van der Waals surface area contributed by atoms with Gasteiger partial charge in [0, 0.05) is 13.0 Å². The molecule has 80 valence electrons. The van der Waals surface area contributed by atoms with Crippen molar-refractivity contribution < 1.29 is 22.0 Å². The van der Waals surface area contributed by atoms with E-state index in [1.807, 2.05) is 0 Å². The average molecular weight is 215 g/mol. The van der Waals surface area contributed by atoms with Crippen LogP contribution in [0.3, 0.4) is 0 Å². The molecule has 0 spiro atoms. The molecule has 0 unspecified atom stereocenters. The standard InChI is InChI=1S/C6H6F5N3/c7-5(8,6(9,10)11)1-2-14-4-12-3-13-14/h3-4H,1-2H2. The Labute approximate surface area is 75.5 Å². The Morgan fingerprint density at radius 3 is 2.21 bits per heavy atom. The molecule has 1 heterocycles. The first-order valence-corrected chi connectivity index (χ1v) is 3.60. The zero-order chi connectivity index (χ0) is 10.8. The molecule has 0 aliphatic carbocycles. The maximum absolute atomic E-state index is 12.3. The maximum Gasteiger partial charge on any atom is 0.453 e. The Bertz CT molecular complexity index is 278. The molecule has 0 N–H and O–H groups in total. The predicted molar refractivity (Wildman–Crippen MR) is 35.6 cm³/mol. The molecule has 1 aromatic heterocycles. The van der Waals surface area contributed by atoms with E-state index in [9.17, 15) is 22.0 Å². The monoisotopic (exact) mass is 215 g/mol. The van der Waals surface area contributed by atoms with Gasteiger partial charge >= 0.3 is 12.1 Å². The molecule has 14 heavy (non-hydrogen) atoms. The van der Waals surface area contributed by atoms with Crippen LogP contribution >= 0.6 is 0 Å². The van der Waals surface area contributed by atoms with E-state index in [4.69, 9.17) is 0 Å². The smallest absolute Gasteiger partial charge is 0.253 e. The highest BCUT2D eigenvalue weighted by Crippen LogP contribution is 2.38. The van der Waals surface area contributed by atoms with Crippen LogP contribution in [0.15, 0.2) is 12.7 Å². The van der Waals surface area contributed by atoms with E-state index in [-0.39, 0.29) is 0 Å². The van der Waals surface area contributed by atoms with Crippen LogP contribution in [0.1, 0.15) is 6.42 Å². The summed E-state index contributed by atoms with van der Waals surface area (Å²) in [4.78, 5) is 3.41. The van der Waals surface area contributed by atoms with E-state index in [2.05, 4.69) is 10.1 Å². The quantitative estimate of drug-likeness (QED) is 0.720. The summed E-state index contributed by atoms with van der Waals surface area (Å²) in [5.74, 6) is -4.68. The van der Waals surface area contributed by atoms with Gasteiger partial charge in [-0.05, 0) is 0 Å². The second kappa shape index (κ2) is 3.50. The van der Waals surface area contributed by atoms with Gasteiger partial charge in [-0.3, -0.25) is 4.68 Å². The van der Waals surface area contributed by atoms with E-state index < -0.39 is 25.1 Å². The van der Waals surface area contributed by atoms with Crippen molar-refractivity contribution in [3.8, 4) is 0 Å². The molecular formula is C6H6F5N3. The zero-order valence-electron chi connectivity index (χ0n) is 6.80. The van der Waals surface area contributed by atoms with Crippen LogP contribution in [0.25, 0.3) is 0 Å². The molecular weight excluding hydrogens is 209 g/mol. The Hall–Kier alpha value is -1.21. The van der Waals surface area contributed by atoms with Gasteiger partial charge in [0.25, 0.3) is 0 Å². The van der Waals surface area contributed by atoms with Crippen molar-refractivity contribution >= 4 is 0 Å². The lowest BCUT2D eigenvalue weighted by molar-refractivity contribution is -0.285. The van der Waals surface area contributed by atoms with Crippen molar-refractivity contribution in [1.29, 1.82) is 0 Å². The molecule has 0 atom stereocenters. The number of halogens is 5. The Morgan fingerprint density at radius 1 is 1.14 bits per heavy atom. The highest BCUT2D eigenvalue weighted by Gasteiger charge is 2.56. The highest BCUT2D eigenvalue weighted by molar-refractivity contribution is 4.75. The normalized spacial score (nSPS) is 13.2. The number of aryl methyl sites for hydroxylation is 1. The number of hydrogen-bond acceptors (Lipinski definition) is 2. The van der Waals surface area contributed by atoms with Gasteiger partial charge in [0.2, 0.25) is 0 Å². The van der Waals surface area contributed by atoms with E-state index in [0.717, 1.165) is 17.3 Å². The summed E-state index contributed by atoms with van der Waals surface area (Å²) in [6.07, 6.45) is -4.70. The minimum Gasteiger partial charge on any atom is -0.253 e. The van der Waals surface area contributed by atoms with E-state index >= 15 is 0 Å². The highest BCUT2D eigenvalue weighted by atomic mass is 19.4. The second-order valence-corrected chi connectivity index (χ2v) is 2.61. The minimum atomic E-state index is -5.51. The molecule has 3 nitrogen and oxygen atoms in total. The van der Waals surface area contributed by atoms with Gasteiger partial charge in [0.15, 0.2) is 0 Å². The Morgan fingerprint density at radius 2 is 1.79 bits per heavy atom. The van der Waals surface area contributed by atoms with Gasteiger partial charge in [-0.2, -0.15) is 27.1 Å². The molecule has 0 saturated carbocycles. The van der Waals surface area contributed by atoms with Crippen LogP contribution in [0.5, 0.6) is 0 Å². The first-order valence-electron chi connectivity index (χ1n) is 3.60. The minimum absolute atomic E-state index is 0.521. The van der Waals surface area contributed by atoms with Gasteiger partial charge in [-0.15, -0.1) is 0 Å². The lowest BCUT2D eigenvalue weighted by Gasteiger charge is -2.18. The largest absolute Gasteiger partial charge is 0.453 e. The summed E-state index contributed by atoms with van der Waals surface area (Å²) >= 11 is 0. The lowest BCUT2D eigenvalue weighted by atomic mass is 10.2. The van der Waals surface area contributed by atoms with Crippen LogP contribution in [-0.4, -0.2) is 26.9 Å². The third-order valence-corrected chi connectivity index (χ3v) is 1.54. The molecule has 0 bridgehead atoms.